The van der Waals surface area contributed by atoms with Gasteiger partial charge in [0.2, 0.25) is 5.13 Å². The molecular weight excluding hydrogens is 609 g/mol. The molecule has 0 bridgehead atoms. The average Bonchev–Trinajstić information content (AvgIpc) is 3.65. The van der Waals surface area contributed by atoms with Crippen molar-refractivity contribution in [2.45, 2.75) is 29.7 Å². The Morgan fingerprint density at radius 3 is 2.42 bits per heavy atom. The van der Waals surface area contributed by atoms with E-state index in [2.05, 4.69) is 39.4 Å². The van der Waals surface area contributed by atoms with Crippen LogP contribution in [0.5, 0.6) is 11.5 Å². The number of rotatable bonds is 10. The number of aryl methyl sites for hydroxylation is 1. The lowest BCUT2D eigenvalue weighted by molar-refractivity contribution is -0.132. The predicted octanol–water partition coefficient (Wildman–Crippen LogP) is 6.75. The van der Waals surface area contributed by atoms with Gasteiger partial charge in [0.05, 0.1) is 18.7 Å². The average molecular weight is 637 g/mol. The topological polar surface area (TPSA) is 115 Å². The number of amides is 1. The maximum atomic E-state index is 13.6. The summed E-state index contributed by atoms with van der Waals surface area (Å²) in [6.45, 7) is 2.36. The van der Waals surface area contributed by atoms with E-state index in [1.165, 1.54) is 53.1 Å². The van der Waals surface area contributed by atoms with Crippen molar-refractivity contribution in [3.63, 3.8) is 0 Å². The minimum Gasteiger partial charge on any atom is -0.507 e. The Kier molecular flexibility index (Phi) is 8.90. The summed E-state index contributed by atoms with van der Waals surface area (Å²) in [5.41, 5.74) is 4.10. The Morgan fingerprint density at radius 1 is 0.933 bits per heavy atom. The number of methoxy groups -OCH3 is 1. The molecule has 3 aromatic carbocycles. The molecule has 1 saturated heterocycles. The highest BCUT2D eigenvalue weighted by Crippen LogP contribution is 2.45. The van der Waals surface area contributed by atoms with Crippen molar-refractivity contribution in [1.82, 2.24) is 15.2 Å². The molecule has 3 heterocycles. The Morgan fingerprint density at radius 2 is 1.69 bits per heavy atom. The van der Waals surface area contributed by atoms with Crippen molar-refractivity contribution in [2.24, 2.45) is 0 Å². The zero-order chi connectivity index (χ0) is 31.3. The molecule has 1 aliphatic heterocycles. The van der Waals surface area contributed by atoms with Crippen LogP contribution >= 0.6 is 23.1 Å². The van der Waals surface area contributed by atoms with Gasteiger partial charge in [-0.3, -0.25) is 19.5 Å². The lowest BCUT2D eigenvalue weighted by Crippen LogP contribution is -2.29. The maximum absolute atomic E-state index is 13.6. The third-order valence-electron chi connectivity index (χ3n) is 7.22. The molecule has 45 heavy (non-hydrogen) atoms. The monoisotopic (exact) mass is 636 g/mol. The normalized spacial score (nSPS) is 15.8. The van der Waals surface area contributed by atoms with Gasteiger partial charge in [0, 0.05) is 23.7 Å². The fourth-order valence-corrected chi connectivity index (χ4v) is 6.73. The molecule has 11 heteroatoms. The predicted molar refractivity (Wildman–Crippen MR) is 173 cm³/mol. The minimum atomic E-state index is -1.00. The summed E-state index contributed by atoms with van der Waals surface area (Å²) < 4.78 is 12.3. The Bertz CT molecular complexity index is 1860. The number of anilines is 1. The molecule has 1 fully saturated rings. The second-order valence-electron chi connectivity index (χ2n) is 10.2. The van der Waals surface area contributed by atoms with Crippen LogP contribution in [0, 0.1) is 6.92 Å². The van der Waals surface area contributed by atoms with E-state index in [0.717, 1.165) is 11.1 Å². The van der Waals surface area contributed by atoms with Gasteiger partial charge in [0.25, 0.3) is 5.78 Å². The van der Waals surface area contributed by atoms with Gasteiger partial charge < -0.3 is 14.6 Å². The number of aromatic nitrogens is 3. The van der Waals surface area contributed by atoms with E-state index in [-0.39, 0.29) is 16.5 Å². The highest BCUT2D eigenvalue weighted by Gasteiger charge is 2.48. The second-order valence-corrected chi connectivity index (χ2v) is 12.4. The van der Waals surface area contributed by atoms with Gasteiger partial charge in [-0.2, -0.15) is 0 Å². The molecule has 1 N–H and O–H groups in total. The number of thioether (sulfide) groups is 1. The third-order valence-corrected chi connectivity index (χ3v) is 9.35. The summed E-state index contributed by atoms with van der Waals surface area (Å²) in [6.07, 6.45) is 3.01. The van der Waals surface area contributed by atoms with Crippen LogP contribution in [-0.2, 0) is 21.9 Å². The number of aliphatic hydroxyl groups is 1. The van der Waals surface area contributed by atoms with Crippen LogP contribution < -0.4 is 14.4 Å². The van der Waals surface area contributed by atoms with Crippen LogP contribution in [-0.4, -0.2) is 39.1 Å². The molecule has 226 valence electrons. The van der Waals surface area contributed by atoms with E-state index in [1.54, 1.807) is 30.3 Å². The number of hydrogen-bond donors (Lipinski definition) is 1. The number of ketones is 1. The molecule has 0 aliphatic carbocycles. The van der Waals surface area contributed by atoms with Crippen molar-refractivity contribution >= 4 is 45.7 Å². The number of nitrogens with zero attached hydrogens (tertiary/aromatic N) is 4. The highest BCUT2D eigenvalue weighted by atomic mass is 32.2. The summed E-state index contributed by atoms with van der Waals surface area (Å²) in [5.74, 6) is -0.399. The smallest absolute Gasteiger partial charge is 0.301 e. The largest absolute Gasteiger partial charge is 0.507 e. The van der Waals surface area contributed by atoms with E-state index < -0.39 is 17.7 Å². The zero-order valence-electron chi connectivity index (χ0n) is 24.4. The summed E-state index contributed by atoms with van der Waals surface area (Å²) in [4.78, 5) is 32.5. The van der Waals surface area contributed by atoms with E-state index in [1.807, 2.05) is 37.3 Å². The quantitative estimate of drug-likeness (QED) is 0.0585. The molecule has 0 spiro atoms. The van der Waals surface area contributed by atoms with Crippen LogP contribution in [0.4, 0.5) is 5.13 Å². The zero-order valence-corrected chi connectivity index (χ0v) is 26.0. The van der Waals surface area contributed by atoms with Gasteiger partial charge in [0.15, 0.2) is 15.8 Å². The number of hydrogen-bond acceptors (Lipinski definition) is 10. The molecule has 0 saturated carbocycles. The van der Waals surface area contributed by atoms with Gasteiger partial charge >= 0.3 is 5.91 Å². The Labute approximate surface area is 268 Å². The summed E-state index contributed by atoms with van der Waals surface area (Å²) in [6, 6.07) is 25.3. The molecule has 9 nitrogen and oxygen atoms in total. The van der Waals surface area contributed by atoms with Gasteiger partial charge in [-0.05, 0) is 47.9 Å². The van der Waals surface area contributed by atoms with Crippen LogP contribution in [0.2, 0.25) is 0 Å². The first-order valence-corrected chi connectivity index (χ1v) is 15.8. The van der Waals surface area contributed by atoms with E-state index in [0.29, 0.717) is 39.3 Å². The number of carbonyl (C=O) groups excluding carboxylic acids is 2. The molecule has 1 atom stereocenters. The number of aliphatic hydroxyl groups excluding tert-OH is 1. The van der Waals surface area contributed by atoms with Crippen LogP contribution in [0.25, 0.3) is 5.76 Å². The van der Waals surface area contributed by atoms with E-state index in [9.17, 15) is 14.7 Å². The number of Topliss-reactive ketones (excluding diaryl/α,β-unsaturated/α-hetero) is 1. The van der Waals surface area contributed by atoms with Crippen LogP contribution in [0.15, 0.2) is 107 Å². The van der Waals surface area contributed by atoms with Crippen molar-refractivity contribution in [2.75, 3.05) is 12.0 Å². The van der Waals surface area contributed by atoms with Crippen LogP contribution in [0.3, 0.4) is 0 Å². The van der Waals surface area contributed by atoms with E-state index >= 15 is 0 Å². The number of benzene rings is 3. The van der Waals surface area contributed by atoms with Crippen molar-refractivity contribution in [3.8, 4) is 11.5 Å². The molecule has 1 unspecified atom stereocenters. The first-order chi connectivity index (χ1) is 21.9. The Hall–Kier alpha value is -5.00. The SMILES string of the molecule is COc1cc(C2C(=C(O)c3ccncc3)C(=O)C(=O)N2c2nnc(SCc3ccc(C)cc3)s2)ccc1OCc1ccccc1. The highest BCUT2D eigenvalue weighted by molar-refractivity contribution is 8.00. The molecular formula is C34H28N4O5S2. The lowest BCUT2D eigenvalue weighted by atomic mass is 9.95. The van der Waals surface area contributed by atoms with E-state index in [4.69, 9.17) is 9.47 Å². The van der Waals surface area contributed by atoms with Crippen molar-refractivity contribution < 1.29 is 24.2 Å². The molecule has 5 aromatic rings. The van der Waals surface area contributed by atoms with Gasteiger partial charge in [-0.1, -0.05) is 89.3 Å². The molecule has 2 aromatic heterocycles. The summed E-state index contributed by atoms with van der Waals surface area (Å²) >= 11 is 2.70. The van der Waals surface area contributed by atoms with Crippen molar-refractivity contribution in [1.29, 1.82) is 0 Å². The van der Waals surface area contributed by atoms with Crippen molar-refractivity contribution in [3.05, 3.63) is 131 Å². The fourth-order valence-electron chi connectivity index (χ4n) is 4.91. The van der Waals surface area contributed by atoms with Gasteiger partial charge in [-0.25, -0.2) is 0 Å². The maximum Gasteiger partial charge on any atom is 0.301 e. The first kappa shape index (κ1) is 30.0. The van der Waals surface area contributed by atoms with Gasteiger partial charge in [-0.15, -0.1) is 10.2 Å². The summed E-state index contributed by atoms with van der Waals surface area (Å²) in [5, 5.41) is 20.2. The minimum absolute atomic E-state index is 0.0738. The Balaban J connectivity index is 1.36. The number of pyridine rings is 1. The first-order valence-electron chi connectivity index (χ1n) is 14.0. The standard InChI is InChI=1S/C34H28N4O5S2/c1-21-8-10-23(11-9-21)20-44-34-37-36-33(45-34)38-29(28(31(40)32(38)41)30(39)24-14-16-35-17-15-24)25-12-13-26(27(18-25)42-2)43-19-22-6-4-3-5-7-22/h3-18,29,39H,19-20H2,1-2H3. The molecule has 0 radical (unpaired) electrons. The third kappa shape index (κ3) is 6.45. The number of carbonyl (C=O) groups is 2. The second kappa shape index (κ2) is 13.3. The molecule has 1 aliphatic rings. The molecule has 1 amide bonds. The van der Waals surface area contributed by atoms with Crippen LogP contribution in [0.1, 0.15) is 33.9 Å². The van der Waals surface area contributed by atoms with Gasteiger partial charge in [0.1, 0.15) is 12.4 Å². The fraction of sp³-hybridized carbons (Fsp3) is 0.147. The molecule has 6 rings (SSSR count). The lowest BCUT2D eigenvalue weighted by Gasteiger charge is -2.23. The summed E-state index contributed by atoms with van der Waals surface area (Å²) in [7, 11) is 1.52. The number of ether oxygens (including phenoxy) is 2.